The van der Waals surface area contributed by atoms with E-state index in [2.05, 4.69) is 10.6 Å². The van der Waals surface area contributed by atoms with Gasteiger partial charge in [0.2, 0.25) is 5.91 Å². The summed E-state index contributed by atoms with van der Waals surface area (Å²) in [6, 6.07) is 10.6. The molecule has 2 N–H and O–H groups in total. The smallest absolute Gasteiger partial charge is 0.287 e. The van der Waals surface area contributed by atoms with E-state index in [9.17, 15) is 9.59 Å². The Hall–Kier alpha value is -3.02. The lowest BCUT2D eigenvalue weighted by molar-refractivity contribution is -0.116. The molecule has 6 heteroatoms. The van der Waals surface area contributed by atoms with Crippen molar-refractivity contribution in [2.24, 2.45) is 0 Å². The van der Waals surface area contributed by atoms with Gasteiger partial charge < -0.3 is 19.8 Å². The summed E-state index contributed by atoms with van der Waals surface area (Å²) >= 11 is 0. The molecule has 2 rings (SSSR count). The Morgan fingerprint density at radius 3 is 2.65 bits per heavy atom. The number of ether oxygens (including phenoxy) is 1. The third-order valence-corrected chi connectivity index (χ3v) is 3.01. The van der Waals surface area contributed by atoms with Gasteiger partial charge in [-0.25, -0.2) is 0 Å². The Balaban J connectivity index is 1.73. The molecule has 0 unspecified atom stereocenters. The first-order valence-electron chi connectivity index (χ1n) is 7.11. The fraction of sp³-hybridized carbons (Fsp3) is 0.176. The maximum Gasteiger partial charge on any atom is 0.287 e. The summed E-state index contributed by atoms with van der Waals surface area (Å²) in [4.78, 5) is 23.3. The van der Waals surface area contributed by atoms with E-state index in [4.69, 9.17) is 9.15 Å². The van der Waals surface area contributed by atoms with E-state index in [1.54, 1.807) is 25.3 Å². The highest BCUT2D eigenvalue weighted by Crippen LogP contribution is 2.18. The van der Waals surface area contributed by atoms with Crippen LogP contribution in [0.1, 0.15) is 16.1 Å². The number of benzene rings is 1. The van der Waals surface area contributed by atoms with Crippen molar-refractivity contribution >= 4 is 17.9 Å². The van der Waals surface area contributed by atoms with Crippen LogP contribution in [0.2, 0.25) is 0 Å². The molecule has 0 aliphatic carbocycles. The zero-order chi connectivity index (χ0) is 16.5. The van der Waals surface area contributed by atoms with Gasteiger partial charge in [0.15, 0.2) is 5.76 Å². The van der Waals surface area contributed by atoms with Gasteiger partial charge in [-0.1, -0.05) is 18.2 Å². The summed E-state index contributed by atoms with van der Waals surface area (Å²) in [5.41, 5.74) is 0.816. The van der Waals surface area contributed by atoms with Crippen LogP contribution in [0.4, 0.5) is 0 Å². The number of rotatable bonds is 7. The number of methoxy groups -OCH3 is 1. The van der Waals surface area contributed by atoms with Gasteiger partial charge in [-0.15, -0.1) is 0 Å². The van der Waals surface area contributed by atoms with Crippen molar-refractivity contribution in [3.05, 3.63) is 60.1 Å². The minimum atomic E-state index is -0.311. The van der Waals surface area contributed by atoms with E-state index >= 15 is 0 Å². The number of hydrogen-bond donors (Lipinski definition) is 2. The monoisotopic (exact) mass is 314 g/mol. The average molecular weight is 314 g/mol. The van der Waals surface area contributed by atoms with Gasteiger partial charge in [-0.2, -0.15) is 0 Å². The van der Waals surface area contributed by atoms with Crippen molar-refractivity contribution in [1.82, 2.24) is 10.6 Å². The Kier molecular flexibility index (Phi) is 5.99. The molecule has 1 aromatic carbocycles. The second-order valence-corrected chi connectivity index (χ2v) is 4.60. The van der Waals surface area contributed by atoms with Gasteiger partial charge in [-0.3, -0.25) is 9.59 Å². The minimum Gasteiger partial charge on any atom is -0.496 e. The Bertz CT molecular complexity index is 678. The highest BCUT2D eigenvalue weighted by molar-refractivity contribution is 5.92. The number of hydrogen-bond acceptors (Lipinski definition) is 4. The van der Waals surface area contributed by atoms with Crippen LogP contribution in [0.25, 0.3) is 6.08 Å². The quantitative estimate of drug-likeness (QED) is 0.604. The van der Waals surface area contributed by atoms with Crippen LogP contribution >= 0.6 is 0 Å². The van der Waals surface area contributed by atoms with Crippen LogP contribution in [0.5, 0.6) is 5.75 Å². The van der Waals surface area contributed by atoms with Gasteiger partial charge in [0.1, 0.15) is 5.75 Å². The first-order chi connectivity index (χ1) is 11.2. The zero-order valence-electron chi connectivity index (χ0n) is 12.7. The van der Waals surface area contributed by atoms with Crippen LogP contribution in [0, 0.1) is 0 Å². The van der Waals surface area contributed by atoms with E-state index in [0.29, 0.717) is 18.8 Å². The van der Waals surface area contributed by atoms with E-state index in [1.165, 1.54) is 12.3 Å². The average Bonchev–Trinajstić information content (AvgIpc) is 3.11. The third kappa shape index (κ3) is 5.03. The number of furan rings is 1. The molecule has 1 aromatic heterocycles. The second-order valence-electron chi connectivity index (χ2n) is 4.60. The van der Waals surface area contributed by atoms with Crippen molar-refractivity contribution in [2.45, 2.75) is 0 Å². The zero-order valence-corrected chi connectivity index (χ0v) is 12.7. The minimum absolute atomic E-state index is 0.243. The highest BCUT2D eigenvalue weighted by Gasteiger charge is 2.06. The van der Waals surface area contributed by atoms with Gasteiger partial charge >= 0.3 is 0 Å². The SMILES string of the molecule is COc1ccccc1/C=C/C(=O)NCCNC(=O)c1ccco1. The number of carbonyl (C=O) groups excluding carboxylic acids is 2. The molecule has 2 aromatic rings. The molecule has 6 nitrogen and oxygen atoms in total. The molecule has 0 spiro atoms. The molecule has 23 heavy (non-hydrogen) atoms. The van der Waals surface area contributed by atoms with E-state index < -0.39 is 0 Å². The number of amides is 2. The lowest BCUT2D eigenvalue weighted by Crippen LogP contribution is -2.33. The summed E-state index contributed by atoms with van der Waals surface area (Å²) in [6.45, 7) is 0.634. The Labute approximate surface area is 134 Å². The molecule has 0 aliphatic heterocycles. The van der Waals surface area contributed by atoms with E-state index in [0.717, 1.165) is 5.56 Å². The Morgan fingerprint density at radius 1 is 1.13 bits per heavy atom. The lowest BCUT2D eigenvalue weighted by Gasteiger charge is -2.05. The molecule has 0 fully saturated rings. The molecule has 0 radical (unpaired) electrons. The maximum absolute atomic E-state index is 11.7. The molecule has 120 valence electrons. The number of para-hydroxylation sites is 1. The second kappa shape index (κ2) is 8.43. The molecule has 0 saturated carbocycles. The standard InChI is InChI=1S/C17H18N2O4/c1-22-14-6-3-2-5-13(14)8-9-16(20)18-10-11-19-17(21)15-7-4-12-23-15/h2-9,12H,10-11H2,1H3,(H,18,20)(H,19,21)/b9-8+. The molecular formula is C17H18N2O4. The van der Waals surface area contributed by atoms with Gasteiger partial charge in [-0.05, 0) is 24.3 Å². The van der Waals surface area contributed by atoms with E-state index in [-0.39, 0.29) is 17.6 Å². The molecule has 0 bridgehead atoms. The molecule has 0 saturated heterocycles. The largest absolute Gasteiger partial charge is 0.496 e. The molecule has 1 heterocycles. The summed E-state index contributed by atoms with van der Waals surface area (Å²) in [7, 11) is 1.58. The third-order valence-electron chi connectivity index (χ3n) is 3.01. The van der Waals surface area contributed by atoms with Crippen LogP contribution in [-0.2, 0) is 4.79 Å². The first-order valence-corrected chi connectivity index (χ1v) is 7.11. The summed E-state index contributed by atoms with van der Waals surface area (Å²) in [6.07, 6.45) is 4.53. The van der Waals surface area contributed by atoms with Gasteiger partial charge in [0, 0.05) is 24.7 Å². The predicted octanol–water partition coefficient (Wildman–Crippen LogP) is 1.85. The summed E-state index contributed by atoms with van der Waals surface area (Å²) in [5, 5.41) is 5.32. The number of carbonyl (C=O) groups is 2. The lowest BCUT2D eigenvalue weighted by atomic mass is 10.2. The summed E-state index contributed by atoms with van der Waals surface area (Å²) in [5.74, 6) is 0.381. The van der Waals surface area contributed by atoms with Crippen molar-refractivity contribution in [3.8, 4) is 5.75 Å². The number of nitrogens with one attached hydrogen (secondary N) is 2. The molecular weight excluding hydrogens is 296 g/mol. The Morgan fingerprint density at radius 2 is 1.91 bits per heavy atom. The van der Waals surface area contributed by atoms with E-state index in [1.807, 2.05) is 24.3 Å². The molecule has 2 amide bonds. The van der Waals surface area contributed by atoms with Crippen LogP contribution in [0.3, 0.4) is 0 Å². The van der Waals surface area contributed by atoms with Crippen LogP contribution < -0.4 is 15.4 Å². The van der Waals surface area contributed by atoms with Gasteiger partial charge in [0.05, 0.1) is 13.4 Å². The normalized spacial score (nSPS) is 10.5. The van der Waals surface area contributed by atoms with Gasteiger partial charge in [0.25, 0.3) is 5.91 Å². The van der Waals surface area contributed by atoms with Crippen molar-refractivity contribution in [3.63, 3.8) is 0 Å². The first kappa shape index (κ1) is 16.4. The maximum atomic E-state index is 11.7. The highest BCUT2D eigenvalue weighted by atomic mass is 16.5. The molecule has 0 aliphatic rings. The summed E-state index contributed by atoms with van der Waals surface area (Å²) < 4.78 is 10.2. The van der Waals surface area contributed by atoms with Crippen molar-refractivity contribution < 1.29 is 18.7 Å². The predicted molar refractivity (Wildman–Crippen MR) is 86.1 cm³/mol. The van der Waals surface area contributed by atoms with Crippen LogP contribution in [0.15, 0.2) is 53.2 Å². The topological polar surface area (TPSA) is 80.6 Å². The fourth-order valence-corrected chi connectivity index (χ4v) is 1.89. The fourth-order valence-electron chi connectivity index (χ4n) is 1.89. The van der Waals surface area contributed by atoms with Crippen molar-refractivity contribution in [2.75, 3.05) is 20.2 Å². The van der Waals surface area contributed by atoms with Crippen molar-refractivity contribution in [1.29, 1.82) is 0 Å². The van der Waals surface area contributed by atoms with Crippen LogP contribution in [-0.4, -0.2) is 32.0 Å². The molecule has 0 atom stereocenters.